The highest BCUT2D eigenvalue weighted by Crippen LogP contribution is 2.13. The van der Waals surface area contributed by atoms with E-state index in [-0.39, 0.29) is 5.91 Å². The predicted octanol–water partition coefficient (Wildman–Crippen LogP) is 2.23. The van der Waals surface area contributed by atoms with Gasteiger partial charge in [0.1, 0.15) is 12.4 Å². The Kier molecular flexibility index (Phi) is 5.92. The summed E-state index contributed by atoms with van der Waals surface area (Å²) in [6, 6.07) is 11.9. The van der Waals surface area contributed by atoms with Gasteiger partial charge in [0.05, 0.1) is 6.54 Å². The minimum absolute atomic E-state index is 0.130. The summed E-state index contributed by atoms with van der Waals surface area (Å²) in [7, 11) is 0. The van der Waals surface area contributed by atoms with Crippen LogP contribution in [0.3, 0.4) is 0 Å². The van der Waals surface area contributed by atoms with Gasteiger partial charge in [-0.25, -0.2) is 5.48 Å². The summed E-state index contributed by atoms with van der Waals surface area (Å²) in [6.45, 7) is 4.56. The van der Waals surface area contributed by atoms with Crippen molar-refractivity contribution in [3.63, 3.8) is 0 Å². The minimum atomic E-state index is -0.581. The number of nitrogens with one attached hydrogen (secondary N) is 2. The van der Waals surface area contributed by atoms with Crippen molar-refractivity contribution in [3.05, 3.63) is 64.7 Å². The van der Waals surface area contributed by atoms with E-state index >= 15 is 0 Å². The minimum Gasteiger partial charge on any atom is -0.492 e. The van der Waals surface area contributed by atoms with Crippen LogP contribution in [-0.2, 0) is 0 Å². The fraction of sp³-hybridized carbons (Fsp3) is 0.222. The zero-order valence-electron chi connectivity index (χ0n) is 13.6. The smallest absolute Gasteiger partial charge is 0.274 e. The fourth-order valence-electron chi connectivity index (χ4n) is 2.19. The average Bonchev–Trinajstić information content (AvgIpc) is 2.60. The summed E-state index contributed by atoms with van der Waals surface area (Å²) in [5.74, 6) is -0.137. The van der Waals surface area contributed by atoms with Gasteiger partial charge in [0.15, 0.2) is 0 Å². The molecule has 0 aliphatic heterocycles. The van der Waals surface area contributed by atoms with Crippen molar-refractivity contribution in [2.45, 2.75) is 13.8 Å². The Balaban J connectivity index is 1.81. The van der Waals surface area contributed by atoms with Crippen LogP contribution >= 0.6 is 0 Å². The molecule has 0 saturated carbocycles. The number of amides is 2. The Labute approximate surface area is 140 Å². The summed E-state index contributed by atoms with van der Waals surface area (Å²) < 4.78 is 5.51. The highest BCUT2D eigenvalue weighted by atomic mass is 16.5. The largest absolute Gasteiger partial charge is 0.492 e. The molecule has 2 rings (SSSR count). The van der Waals surface area contributed by atoms with Crippen LogP contribution in [0.1, 0.15) is 31.8 Å². The topological polar surface area (TPSA) is 87.7 Å². The first-order valence-electron chi connectivity index (χ1n) is 7.54. The molecule has 0 bridgehead atoms. The molecule has 126 valence electrons. The van der Waals surface area contributed by atoms with Crippen molar-refractivity contribution in [1.29, 1.82) is 0 Å². The van der Waals surface area contributed by atoms with E-state index in [9.17, 15) is 9.59 Å². The molecule has 0 atom stereocenters. The monoisotopic (exact) mass is 328 g/mol. The molecule has 0 radical (unpaired) electrons. The first-order valence-corrected chi connectivity index (χ1v) is 7.54. The Morgan fingerprint density at radius 3 is 2.42 bits per heavy atom. The van der Waals surface area contributed by atoms with Crippen molar-refractivity contribution in [3.8, 4) is 5.75 Å². The number of hydrogen-bond donors (Lipinski definition) is 3. The zero-order valence-corrected chi connectivity index (χ0v) is 13.6. The van der Waals surface area contributed by atoms with Gasteiger partial charge in [0.25, 0.3) is 11.8 Å². The molecule has 2 aromatic rings. The summed E-state index contributed by atoms with van der Waals surface area (Å²) in [5, 5.41) is 11.4. The number of rotatable bonds is 6. The molecule has 24 heavy (non-hydrogen) atoms. The van der Waals surface area contributed by atoms with Crippen LogP contribution in [0.15, 0.2) is 42.5 Å². The highest BCUT2D eigenvalue weighted by molar-refractivity contribution is 5.96. The van der Waals surface area contributed by atoms with Gasteiger partial charge in [0, 0.05) is 11.1 Å². The fourth-order valence-corrected chi connectivity index (χ4v) is 2.19. The molecule has 0 spiro atoms. The van der Waals surface area contributed by atoms with Gasteiger partial charge in [-0.3, -0.25) is 14.8 Å². The first-order chi connectivity index (χ1) is 11.5. The second-order valence-corrected chi connectivity index (χ2v) is 5.32. The lowest BCUT2D eigenvalue weighted by molar-refractivity contribution is 0.0706. The summed E-state index contributed by atoms with van der Waals surface area (Å²) >= 11 is 0. The number of hydroxylamine groups is 1. The SMILES string of the molecule is Cc1cccc(C(=O)NCCOc2ccc(C(=O)NO)cc2)c1C. The van der Waals surface area contributed by atoms with E-state index in [0.29, 0.717) is 30.0 Å². The van der Waals surface area contributed by atoms with E-state index in [0.717, 1.165) is 11.1 Å². The third-order valence-corrected chi connectivity index (χ3v) is 3.72. The van der Waals surface area contributed by atoms with Crippen LogP contribution < -0.4 is 15.5 Å². The molecule has 2 aromatic carbocycles. The molecule has 0 aromatic heterocycles. The number of hydrogen-bond acceptors (Lipinski definition) is 4. The molecule has 0 saturated heterocycles. The average molecular weight is 328 g/mol. The van der Waals surface area contributed by atoms with Crippen molar-refractivity contribution in [2.24, 2.45) is 0 Å². The van der Waals surface area contributed by atoms with Crippen LogP contribution in [0, 0.1) is 13.8 Å². The lowest BCUT2D eigenvalue weighted by atomic mass is 10.0. The van der Waals surface area contributed by atoms with E-state index < -0.39 is 5.91 Å². The summed E-state index contributed by atoms with van der Waals surface area (Å²) in [4.78, 5) is 23.3. The van der Waals surface area contributed by atoms with E-state index in [1.54, 1.807) is 23.7 Å². The number of carbonyl (C=O) groups excluding carboxylic acids is 2. The Morgan fingerprint density at radius 1 is 1.04 bits per heavy atom. The predicted molar refractivity (Wildman–Crippen MR) is 89.4 cm³/mol. The second-order valence-electron chi connectivity index (χ2n) is 5.32. The van der Waals surface area contributed by atoms with Crippen LogP contribution in [0.2, 0.25) is 0 Å². The van der Waals surface area contributed by atoms with Crippen molar-refractivity contribution in [1.82, 2.24) is 10.8 Å². The van der Waals surface area contributed by atoms with Gasteiger partial charge >= 0.3 is 0 Å². The number of benzene rings is 2. The first kappa shape index (κ1) is 17.5. The normalized spacial score (nSPS) is 10.1. The van der Waals surface area contributed by atoms with Crippen LogP contribution in [0.4, 0.5) is 0 Å². The van der Waals surface area contributed by atoms with E-state index in [2.05, 4.69) is 5.32 Å². The van der Waals surface area contributed by atoms with E-state index in [1.807, 2.05) is 26.0 Å². The van der Waals surface area contributed by atoms with Crippen LogP contribution in [0.5, 0.6) is 5.75 Å². The molecule has 6 nitrogen and oxygen atoms in total. The second kappa shape index (κ2) is 8.12. The van der Waals surface area contributed by atoms with Crippen LogP contribution in [0.25, 0.3) is 0 Å². The van der Waals surface area contributed by atoms with Crippen molar-refractivity contribution >= 4 is 11.8 Å². The van der Waals surface area contributed by atoms with Gasteiger partial charge in [-0.05, 0) is 55.3 Å². The molecule has 3 N–H and O–H groups in total. The van der Waals surface area contributed by atoms with Gasteiger partial charge in [0.2, 0.25) is 0 Å². The number of aryl methyl sites for hydroxylation is 1. The molecule has 0 unspecified atom stereocenters. The Morgan fingerprint density at radius 2 is 1.75 bits per heavy atom. The highest BCUT2D eigenvalue weighted by Gasteiger charge is 2.09. The van der Waals surface area contributed by atoms with Gasteiger partial charge in [-0.15, -0.1) is 0 Å². The van der Waals surface area contributed by atoms with Gasteiger partial charge in [-0.2, -0.15) is 0 Å². The summed E-state index contributed by atoms with van der Waals surface area (Å²) in [6.07, 6.45) is 0. The molecule has 0 aliphatic rings. The Hall–Kier alpha value is -2.86. The molecule has 0 aliphatic carbocycles. The maximum atomic E-state index is 12.1. The van der Waals surface area contributed by atoms with Crippen molar-refractivity contribution in [2.75, 3.05) is 13.2 Å². The van der Waals surface area contributed by atoms with Crippen LogP contribution in [-0.4, -0.2) is 30.2 Å². The zero-order chi connectivity index (χ0) is 17.5. The maximum Gasteiger partial charge on any atom is 0.274 e. The quantitative estimate of drug-likeness (QED) is 0.431. The third-order valence-electron chi connectivity index (χ3n) is 3.72. The molecule has 2 amide bonds. The number of ether oxygens (including phenoxy) is 1. The Bertz CT molecular complexity index is 726. The molecule has 0 fully saturated rings. The van der Waals surface area contributed by atoms with E-state index in [1.165, 1.54) is 12.1 Å². The lowest BCUT2D eigenvalue weighted by Crippen LogP contribution is -2.28. The standard InChI is InChI=1S/C18H20N2O4/c1-12-4-3-5-16(13(12)2)18(22)19-10-11-24-15-8-6-14(7-9-15)17(21)20-23/h3-9,23H,10-11H2,1-2H3,(H,19,22)(H,20,21). The molecular formula is C18H20N2O4. The van der Waals surface area contributed by atoms with E-state index in [4.69, 9.17) is 9.94 Å². The maximum absolute atomic E-state index is 12.1. The number of carbonyl (C=O) groups is 2. The van der Waals surface area contributed by atoms with Gasteiger partial charge in [-0.1, -0.05) is 12.1 Å². The molecular weight excluding hydrogens is 308 g/mol. The van der Waals surface area contributed by atoms with Crippen molar-refractivity contribution < 1.29 is 19.5 Å². The van der Waals surface area contributed by atoms with Gasteiger partial charge < -0.3 is 10.1 Å². The molecule has 6 heteroatoms. The lowest BCUT2D eigenvalue weighted by Gasteiger charge is -2.10. The third kappa shape index (κ3) is 4.33. The molecule has 0 heterocycles. The summed E-state index contributed by atoms with van der Waals surface area (Å²) in [5.41, 5.74) is 4.59.